The molecule has 0 radical (unpaired) electrons. The third-order valence-electron chi connectivity index (χ3n) is 5.68. The third kappa shape index (κ3) is 13.5. The van der Waals surface area contributed by atoms with Crippen molar-refractivity contribution in [1.29, 1.82) is 0 Å². The Morgan fingerprint density at radius 3 is 2.25 bits per heavy atom. The number of hydrogen-bond donors (Lipinski definition) is 3. The first-order chi connectivity index (χ1) is 17.0. The van der Waals surface area contributed by atoms with Crippen molar-refractivity contribution in [3.63, 3.8) is 0 Å². The number of ether oxygens (including phenoxy) is 1. The van der Waals surface area contributed by atoms with Gasteiger partial charge in [-0.1, -0.05) is 74.7 Å². The first-order valence-corrected chi connectivity index (χ1v) is 13.7. The maximum atomic E-state index is 11.8. The van der Waals surface area contributed by atoms with Gasteiger partial charge in [0, 0.05) is 13.0 Å². The molecule has 2 rings (SSSR count). The Balaban J connectivity index is 0.000000488. The van der Waals surface area contributed by atoms with Crippen LogP contribution in [-0.2, 0) is 31.1 Å². The number of rotatable bonds is 14. The highest BCUT2D eigenvalue weighted by molar-refractivity contribution is 7.85. The highest BCUT2D eigenvalue weighted by Gasteiger charge is 2.18. The molecule has 0 aliphatic rings. The van der Waals surface area contributed by atoms with E-state index in [2.05, 4.69) is 5.32 Å². The molecule has 0 heterocycles. The normalized spacial score (nSPS) is 12.7. The van der Waals surface area contributed by atoms with E-state index in [-0.39, 0.29) is 29.1 Å². The molecule has 0 fully saturated rings. The summed E-state index contributed by atoms with van der Waals surface area (Å²) >= 11 is 0. The first-order valence-electron chi connectivity index (χ1n) is 12.2. The van der Waals surface area contributed by atoms with Crippen LogP contribution >= 0.6 is 0 Å². The van der Waals surface area contributed by atoms with Gasteiger partial charge < -0.3 is 15.8 Å². The van der Waals surface area contributed by atoms with Crippen LogP contribution in [0.15, 0.2) is 59.5 Å². The molecule has 0 aliphatic carbocycles. The molecule has 2 aromatic carbocycles. The van der Waals surface area contributed by atoms with Crippen LogP contribution in [0.5, 0.6) is 0 Å². The second-order valence-electron chi connectivity index (χ2n) is 8.82. The van der Waals surface area contributed by atoms with Crippen molar-refractivity contribution in [2.75, 3.05) is 13.2 Å². The number of aryl methyl sites for hydroxylation is 1. The van der Waals surface area contributed by atoms with Crippen LogP contribution in [0.1, 0.15) is 57.1 Å². The molecule has 0 saturated heterocycles. The number of unbranched alkanes of at least 4 members (excludes halogenated alkanes) is 2. The number of nitrogens with two attached hydrogens (primary N) is 1. The van der Waals surface area contributed by atoms with Gasteiger partial charge in [0.2, 0.25) is 5.91 Å². The van der Waals surface area contributed by atoms with Gasteiger partial charge in [0.1, 0.15) is 6.61 Å². The van der Waals surface area contributed by atoms with Crippen LogP contribution in [0.25, 0.3) is 0 Å². The zero-order valence-corrected chi connectivity index (χ0v) is 22.3. The highest BCUT2D eigenvalue weighted by atomic mass is 32.2. The van der Waals surface area contributed by atoms with E-state index in [9.17, 15) is 18.0 Å². The fourth-order valence-corrected chi connectivity index (χ4v) is 3.59. The standard InChI is InChI=1S/C20H32N2O3.C7H8O3S/c1-3-16(2)19(21)20(24)22-13-9-5-8-12-18(23)15-25-14-17-10-6-4-7-11-17;1-6-2-4-7(5-3-6)11(8,9)10/h4,6-7,10-11,16,19H,3,5,8-9,12-15,21H2,1-2H3,(H,22,24);2-5H,1H3,(H,8,9,10). The van der Waals surface area contributed by atoms with E-state index >= 15 is 0 Å². The van der Waals surface area contributed by atoms with Crippen molar-refractivity contribution in [2.45, 2.75) is 70.4 Å². The molecule has 200 valence electrons. The minimum absolute atomic E-state index is 0.0666. The van der Waals surface area contributed by atoms with E-state index in [1.54, 1.807) is 12.1 Å². The third-order valence-corrected chi connectivity index (χ3v) is 6.55. The zero-order chi connectivity index (χ0) is 27.0. The van der Waals surface area contributed by atoms with Gasteiger partial charge in [-0.25, -0.2) is 0 Å². The van der Waals surface area contributed by atoms with Crippen molar-refractivity contribution in [3.8, 4) is 0 Å². The highest BCUT2D eigenvalue weighted by Crippen LogP contribution is 2.09. The first kappa shape index (κ1) is 31.4. The number of benzene rings is 2. The van der Waals surface area contributed by atoms with Gasteiger partial charge in [-0.2, -0.15) is 8.42 Å². The lowest BCUT2D eigenvalue weighted by Gasteiger charge is -2.17. The van der Waals surface area contributed by atoms with Crippen LogP contribution in [-0.4, -0.2) is 43.9 Å². The molecule has 36 heavy (non-hydrogen) atoms. The van der Waals surface area contributed by atoms with Crippen LogP contribution in [0.3, 0.4) is 0 Å². The lowest BCUT2D eigenvalue weighted by Crippen LogP contribution is -2.44. The maximum absolute atomic E-state index is 11.8. The van der Waals surface area contributed by atoms with Crippen LogP contribution in [0.4, 0.5) is 0 Å². The van der Waals surface area contributed by atoms with E-state index in [0.29, 0.717) is 19.6 Å². The predicted molar refractivity (Wildman–Crippen MR) is 141 cm³/mol. The largest absolute Gasteiger partial charge is 0.369 e. The number of carbonyl (C=O) groups excluding carboxylic acids is 2. The molecule has 1 amide bonds. The van der Waals surface area contributed by atoms with E-state index in [1.165, 1.54) is 12.1 Å². The Morgan fingerprint density at radius 1 is 1.03 bits per heavy atom. The molecule has 9 heteroatoms. The van der Waals surface area contributed by atoms with E-state index < -0.39 is 16.2 Å². The Labute approximate surface area is 215 Å². The Morgan fingerprint density at radius 2 is 1.67 bits per heavy atom. The smallest absolute Gasteiger partial charge is 0.294 e. The summed E-state index contributed by atoms with van der Waals surface area (Å²) in [6, 6.07) is 15.4. The summed E-state index contributed by atoms with van der Waals surface area (Å²) in [5.41, 5.74) is 7.90. The molecule has 4 N–H and O–H groups in total. The Bertz CT molecular complexity index is 1010. The minimum Gasteiger partial charge on any atom is -0.369 e. The summed E-state index contributed by atoms with van der Waals surface area (Å²) < 4.78 is 35.0. The van der Waals surface area contributed by atoms with E-state index in [4.69, 9.17) is 15.0 Å². The molecule has 0 spiro atoms. The van der Waals surface area contributed by atoms with E-state index in [0.717, 1.165) is 36.8 Å². The molecule has 8 nitrogen and oxygen atoms in total. The van der Waals surface area contributed by atoms with Crippen LogP contribution in [0, 0.1) is 12.8 Å². The Kier molecular flexibility index (Phi) is 14.8. The second kappa shape index (κ2) is 17.0. The van der Waals surface area contributed by atoms with Gasteiger partial charge in [-0.15, -0.1) is 0 Å². The number of Topliss-reactive ketones (excluding diaryl/α,β-unsaturated/α-hetero) is 1. The monoisotopic (exact) mass is 520 g/mol. The SMILES string of the molecule is CCC(C)C(N)C(=O)NCCCCCC(=O)COCc1ccccc1.Cc1ccc(S(=O)(=O)O)cc1. The number of hydrogen-bond acceptors (Lipinski definition) is 6. The second-order valence-corrected chi connectivity index (χ2v) is 10.2. The maximum Gasteiger partial charge on any atom is 0.294 e. The molecule has 2 aromatic rings. The molecule has 0 bridgehead atoms. The van der Waals surface area contributed by atoms with Crippen molar-refractivity contribution in [2.24, 2.45) is 11.7 Å². The quantitative estimate of drug-likeness (QED) is 0.252. The summed E-state index contributed by atoms with van der Waals surface area (Å²) in [5, 5.41) is 2.86. The van der Waals surface area contributed by atoms with Crippen molar-refractivity contribution in [1.82, 2.24) is 5.32 Å². The predicted octanol–water partition coefficient (Wildman–Crippen LogP) is 4.06. The molecule has 2 unspecified atom stereocenters. The topological polar surface area (TPSA) is 136 Å². The summed E-state index contributed by atoms with van der Waals surface area (Å²) in [4.78, 5) is 23.5. The summed E-state index contributed by atoms with van der Waals surface area (Å²) in [7, 11) is -4.02. The average Bonchev–Trinajstić information content (AvgIpc) is 2.85. The molecule has 0 aromatic heterocycles. The number of ketones is 1. The van der Waals surface area contributed by atoms with Crippen LogP contribution in [0.2, 0.25) is 0 Å². The van der Waals surface area contributed by atoms with Gasteiger partial charge in [0.05, 0.1) is 17.5 Å². The van der Waals surface area contributed by atoms with Gasteiger partial charge in [-0.3, -0.25) is 14.1 Å². The lowest BCUT2D eigenvalue weighted by molar-refractivity contribution is -0.124. The van der Waals surface area contributed by atoms with Crippen molar-refractivity contribution in [3.05, 3.63) is 65.7 Å². The van der Waals surface area contributed by atoms with Gasteiger partial charge in [0.25, 0.3) is 10.1 Å². The summed E-state index contributed by atoms with van der Waals surface area (Å²) in [6.45, 7) is 7.09. The van der Waals surface area contributed by atoms with Crippen LogP contribution < -0.4 is 11.1 Å². The zero-order valence-electron chi connectivity index (χ0n) is 21.5. The summed E-state index contributed by atoms with van der Waals surface area (Å²) in [5.74, 6) is 0.229. The molecule has 0 saturated carbocycles. The van der Waals surface area contributed by atoms with Gasteiger partial charge in [-0.05, 0) is 43.4 Å². The van der Waals surface area contributed by atoms with Crippen molar-refractivity contribution < 1.29 is 27.3 Å². The number of amides is 1. The average molecular weight is 521 g/mol. The summed E-state index contributed by atoms with van der Waals surface area (Å²) in [6.07, 6.45) is 4.00. The van der Waals surface area contributed by atoms with E-state index in [1.807, 2.05) is 51.1 Å². The number of nitrogens with one attached hydrogen (secondary N) is 1. The Hall–Kier alpha value is -2.59. The van der Waals surface area contributed by atoms with Gasteiger partial charge in [0.15, 0.2) is 5.78 Å². The lowest BCUT2D eigenvalue weighted by atomic mass is 9.99. The minimum atomic E-state index is -4.02. The van der Waals surface area contributed by atoms with Gasteiger partial charge >= 0.3 is 0 Å². The molecule has 2 atom stereocenters. The van der Waals surface area contributed by atoms with Crippen molar-refractivity contribution >= 4 is 21.8 Å². The fourth-order valence-electron chi connectivity index (χ4n) is 3.11. The number of carbonyl (C=O) groups is 2. The molecule has 0 aliphatic heterocycles. The fraction of sp³-hybridized carbons (Fsp3) is 0.481. The molecular formula is C27H40N2O6S. The molecular weight excluding hydrogens is 480 g/mol.